The largest absolute Gasteiger partial charge is 0.382 e. The molecule has 1 aromatic carbocycles. The van der Waals surface area contributed by atoms with E-state index in [1.165, 1.54) is 19.3 Å². The Labute approximate surface area is 151 Å². The first-order chi connectivity index (χ1) is 12.5. The highest BCUT2D eigenvalue weighted by molar-refractivity contribution is 6.23. The van der Waals surface area contributed by atoms with Crippen molar-refractivity contribution in [1.29, 1.82) is 0 Å². The zero-order valence-corrected chi connectivity index (χ0v) is 14.4. The topological polar surface area (TPSA) is 95.6 Å². The maximum Gasteiger partial charge on any atom is 0.262 e. The number of amides is 4. The summed E-state index contributed by atoms with van der Waals surface area (Å²) in [4.78, 5) is 49.8. The summed E-state index contributed by atoms with van der Waals surface area (Å²) in [5.74, 6) is -1.89. The molecule has 3 aliphatic rings. The van der Waals surface area contributed by atoms with Gasteiger partial charge in [-0.15, -0.1) is 0 Å². The van der Waals surface area contributed by atoms with Crippen LogP contribution in [-0.4, -0.2) is 40.6 Å². The van der Waals surface area contributed by atoms with Crippen molar-refractivity contribution in [3.63, 3.8) is 0 Å². The Morgan fingerprint density at radius 3 is 2.38 bits per heavy atom. The van der Waals surface area contributed by atoms with E-state index in [1.54, 1.807) is 12.1 Å². The quantitative estimate of drug-likeness (QED) is 0.807. The van der Waals surface area contributed by atoms with E-state index in [0.29, 0.717) is 17.2 Å². The van der Waals surface area contributed by atoms with Crippen molar-refractivity contribution in [3.8, 4) is 0 Å². The van der Waals surface area contributed by atoms with E-state index >= 15 is 0 Å². The van der Waals surface area contributed by atoms with Crippen LogP contribution in [0.3, 0.4) is 0 Å². The summed E-state index contributed by atoms with van der Waals surface area (Å²) >= 11 is 0. The molecule has 0 bridgehead atoms. The molecule has 2 aliphatic heterocycles. The van der Waals surface area contributed by atoms with Crippen molar-refractivity contribution >= 4 is 29.3 Å². The lowest BCUT2D eigenvalue weighted by Gasteiger charge is -2.27. The van der Waals surface area contributed by atoms with Gasteiger partial charge in [0.1, 0.15) is 6.04 Å². The smallest absolute Gasteiger partial charge is 0.262 e. The molecule has 26 heavy (non-hydrogen) atoms. The van der Waals surface area contributed by atoms with E-state index in [2.05, 4.69) is 10.6 Å². The number of benzene rings is 1. The molecule has 7 heteroatoms. The lowest BCUT2D eigenvalue weighted by Crippen LogP contribution is -2.54. The highest BCUT2D eigenvalue weighted by Gasteiger charge is 2.44. The van der Waals surface area contributed by atoms with Gasteiger partial charge in [-0.1, -0.05) is 19.3 Å². The highest BCUT2D eigenvalue weighted by Crippen LogP contribution is 2.30. The van der Waals surface area contributed by atoms with Gasteiger partial charge >= 0.3 is 0 Å². The predicted octanol–water partition coefficient (Wildman–Crippen LogP) is 1.83. The van der Waals surface area contributed by atoms with Gasteiger partial charge in [0.25, 0.3) is 11.8 Å². The van der Waals surface area contributed by atoms with Gasteiger partial charge in [-0.3, -0.25) is 29.4 Å². The average molecular weight is 355 g/mol. The second-order valence-corrected chi connectivity index (χ2v) is 7.19. The number of carbonyl (C=O) groups is 4. The molecule has 4 amide bonds. The fraction of sp³-hybridized carbons (Fsp3) is 0.474. The van der Waals surface area contributed by atoms with Gasteiger partial charge in [-0.05, 0) is 37.5 Å². The molecule has 7 nitrogen and oxygen atoms in total. The molecule has 136 valence electrons. The Morgan fingerprint density at radius 1 is 0.923 bits per heavy atom. The first kappa shape index (κ1) is 16.8. The summed E-state index contributed by atoms with van der Waals surface area (Å²) in [6.07, 6.45) is 6.16. The molecule has 4 rings (SSSR count). The molecule has 2 heterocycles. The van der Waals surface area contributed by atoms with Gasteiger partial charge in [-0.25, -0.2) is 0 Å². The van der Waals surface area contributed by atoms with Crippen molar-refractivity contribution < 1.29 is 19.2 Å². The van der Waals surface area contributed by atoms with Crippen LogP contribution >= 0.6 is 0 Å². The lowest BCUT2D eigenvalue weighted by atomic mass is 9.95. The van der Waals surface area contributed by atoms with Crippen molar-refractivity contribution in [3.05, 3.63) is 29.3 Å². The zero-order chi connectivity index (χ0) is 18.3. The SMILES string of the molecule is O=C1CCC(N2C(=O)c3ccc(NC4CCCCC4)cc3C2=O)C(=O)N1. The highest BCUT2D eigenvalue weighted by atomic mass is 16.2. The molecule has 1 aromatic rings. The molecule has 0 aromatic heterocycles. The zero-order valence-electron chi connectivity index (χ0n) is 14.4. The van der Waals surface area contributed by atoms with Crippen LogP contribution < -0.4 is 10.6 Å². The Kier molecular flexibility index (Phi) is 4.22. The molecular weight excluding hydrogens is 334 g/mol. The van der Waals surface area contributed by atoms with Gasteiger partial charge in [-0.2, -0.15) is 0 Å². The molecule has 0 spiro atoms. The first-order valence-electron chi connectivity index (χ1n) is 9.17. The summed E-state index contributed by atoms with van der Waals surface area (Å²) in [5, 5.41) is 5.65. The van der Waals surface area contributed by atoms with E-state index in [1.807, 2.05) is 6.07 Å². The summed E-state index contributed by atoms with van der Waals surface area (Å²) < 4.78 is 0. The molecule has 2 N–H and O–H groups in total. The predicted molar refractivity (Wildman–Crippen MR) is 93.6 cm³/mol. The van der Waals surface area contributed by atoms with E-state index in [4.69, 9.17) is 0 Å². The average Bonchev–Trinajstić information content (AvgIpc) is 2.87. The van der Waals surface area contributed by atoms with Crippen molar-refractivity contribution in [1.82, 2.24) is 10.2 Å². The number of fused-ring (bicyclic) bond motifs is 1. The fourth-order valence-corrected chi connectivity index (χ4v) is 4.04. The standard InChI is InChI=1S/C19H21N3O4/c23-16-9-8-15(17(24)21-16)22-18(25)13-7-6-12(10-14(13)19(22)26)20-11-4-2-1-3-5-11/h6-7,10-11,15,20H,1-5,8-9H2,(H,21,23,24). The number of anilines is 1. The van der Waals surface area contributed by atoms with Gasteiger partial charge in [0, 0.05) is 18.2 Å². The Bertz CT molecular complexity index is 798. The Hall–Kier alpha value is -2.70. The normalized spacial score (nSPS) is 23.8. The second-order valence-electron chi connectivity index (χ2n) is 7.19. The third-order valence-corrected chi connectivity index (χ3v) is 5.42. The second kappa shape index (κ2) is 6.55. The van der Waals surface area contributed by atoms with Gasteiger partial charge in [0.15, 0.2) is 0 Å². The minimum Gasteiger partial charge on any atom is -0.382 e. The Morgan fingerprint density at radius 2 is 1.65 bits per heavy atom. The van der Waals surface area contributed by atoms with E-state index in [-0.39, 0.29) is 18.7 Å². The van der Waals surface area contributed by atoms with E-state index in [0.717, 1.165) is 23.4 Å². The maximum atomic E-state index is 12.8. The molecule has 1 saturated heterocycles. The van der Waals surface area contributed by atoms with E-state index in [9.17, 15) is 19.2 Å². The minimum absolute atomic E-state index is 0.123. The monoisotopic (exact) mass is 355 g/mol. The number of nitrogens with one attached hydrogen (secondary N) is 2. The fourth-order valence-electron chi connectivity index (χ4n) is 4.04. The number of nitrogens with zero attached hydrogens (tertiary/aromatic N) is 1. The molecule has 2 fully saturated rings. The number of hydrogen-bond donors (Lipinski definition) is 2. The van der Waals surface area contributed by atoms with Crippen LogP contribution in [0, 0.1) is 0 Å². The van der Waals surface area contributed by atoms with Crippen LogP contribution in [0.25, 0.3) is 0 Å². The lowest BCUT2D eigenvalue weighted by molar-refractivity contribution is -0.136. The van der Waals surface area contributed by atoms with Crippen molar-refractivity contribution in [2.45, 2.75) is 57.0 Å². The number of imide groups is 2. The van der Waals surface area contributed by atoms with E-state index < -0.39 is 23.8 Å². The van der Waals surface area contributed by atoms with Crippen molar-refractivity contribution in [2.75, 3.05) is 5.32 Å². The van der Waals surface area contributed by atoms with Gasteiger partial charge in [0.05, 0.1) is 11.1 Å². The number of hydrogen-bond acceptors (Lipinski definition) is 5. The van der Waals surface area contributed by atoms with Crippen LogP contribution in [0.1, 0.15) is 65.7 Å². The van der Waals surface area contributed by atoms with Crippen LogP contribution in [-0.2, 0) is 9.59 Å². The molecule has 0 radical (unpaired) electrons. The van der Waals surface area contributed by atoms with Crippen LogP contribution in [0.15, 0.2) is 18.2 Å². The number of carbonyl (C=O) groups excluding carboxylic acids is 4. The molecule has 1 aliphatic carbocycles. The molecule has 1 atom stereocenters. The first-order valence-corrected chi connectivity index (χ1v) is 9.17. The molecule has 1 saturated carbocycles. The summed E-state index contributed by atoms with van der Waals surface area (Å²) in [6.45, 7) is 0. The maximum absolute atomic E-state index is 12.8. The van der Waals surface area contributed by atoms with Gasteiger partial charge < -0.3 is 5.32 Å². The third-order valence-electron chi connectivity index (χ3n) is 5.42. The summed E-state index contributed by atoms with van der Waals surface area (Å²) in [7, 11) is 0. The summed E-state index contributed by atoms with van der Waals surface area (Å²) in [5.41, 5.74) is 1.45. The van der Waals surface area contributed by atoms with Crippen LogP contribution in [0.5, 0.6) is 0 Å². The van der Waals surface area contributed by atoms with Crippen molar-refractivity contribution in [2.24, 2.45) is 0 Å². The Balaban J connectivity index is 1.56. The molecular formula is C19H21N3O4. The molecule has 1 unspecified atom stereocenters. The van der Waals surface area contributed by atoms with Gasteiger partial charge in [0.2, 0.25) is 11.8 Å². The van der Waals surface area contributed by atoms with Crippen LogP contribution in [0.4, 0.5) is 5.69 Å². The number of rotatable bonds is 3. The minimum atomic E-state index is -0.921. The van der Waals surface area contributed by atoms with Crippen LogP contribution in [0.2, 0.25) is 0 Å². The summed E-state index contributed by atoms with van der Waals surface area (Å²) in [6, 6.07) is 4.63. The number of piperidine rings is 1. The third kappa shape index (κ3) is 2.87.